The average molecular weight is 192 g/mol. The Morgan fingerprint density at radius 3 is 2.71 bits per heavy atom. The van der Waals surface area contributed by atoms with E-state index in [9.17, 15) is 4.79 Å². The fourth-order valence-electron chi connectivity index (χ4n) is 1.04. The Morgan fingerprint density at radius 1 is 1.64 bits per heavy atom. The number of carboxylic acids is 1. The van der Waals surface area contributed by atoms with Crippen LogP contribution in [0.3, 0.4) is 0 Å². The summed E-state index contributed by atoms with van der Waals surface area (Å²) >= 11 is 0. The van der Waals surface area contributed by atoms with Crippen molar-refractivity contribution in [2.24, 2.45) is 0 Å². The highest BCUT2D eigenvalue weighted by Crippen LogP contribution is 2.24. The van der Waals surface area contributed by atoms with Crippen molar-refractivity contribution in [1.29, 1.82) is 5.26 Å². The molecule has 1 rings (SSSR count). The van der Waals surface area contributed by atoms with E-state index in [2.05, 4.69) is 0 Å². The molecule has 0 fully saturated rings. The zero-order valence-corrected chi connectivity index (χ0v) is 7.44. The molecule has 0 unspecified atom stereocenters. The van der Waals surface area contributed by atoms with Gasteiger partial charge in [-0.05, 0) is 12.1 Å². The zero-order chi connectivity index (χ0) is 10.7. The molecule has 0 radical (unpaired) electrons. The summed E-state index contributed by atoms with van der Waals surface area (Å²) in [6.45, 7) is 0. The van der Waals surface area contributed by atoms with Gasteiger partial charge in [0.1, 0.15) is 11.8 Å². The lowest BCUT2D eigenvalue weighted by Crippen LogP contribution is -2.04. The van der Waals surface area contributed by atoms with Crippen LogP contribution in [-0.2, 0) is 0 Å². The van der Waals surface area contributed by atoms with Gasteiger partial charge in [-0.15, -0.1) is 0 Å². The lowest BCUT2D eigenvalue weighted by molar-refractivity contribution is 0.0697. The minimum absolute atomic E-state index is 0.0508. The van der Waals surface area contributed by atoms with Gasteiger partial charge in [-0.1, -0.05) is 0 Å². The van der Waals surface area contributed by atoms with Crippen molar-refractivity contribution in [2.45, 2.75) is 0 Å². The normalized spacial score (nSPS) is 9.14. The van der Waals surface area contributed by atoms with Gasteiger partial charge in [0, 0.05) is 5.69 Å². The molecule has 0 saturated carbocycles. The van der Waals surface area contributed by atoms with Crippen molar-refractivity contribution >= 4 is 11.7 Å². The Bertz CT molecular complexity index is 421. The number of carboxylic acid groups (broad SMARTS) is 1. The second kappa shape index (κ2) is 3.66. The molecular weight excluding hydrogens is 184 g/mol. The Labute approximate surface area is 80.3 Å². The number of hydrogen-bond donors (Lipinski definition) is 2. The molecule has 0 aliphatic carbocycles. The molecule has 1 aromatic rings. The van der Waals surface area contributed by atoms with Crippen LogP contribution >= 0.6 is 0 Å². The van der Waals surface area contributed by atoms with E-state index in [-0.39, 0.29) is 22.6 Å². The Kier molecular flexibility index (Phi) is 2.58. The lowest BCUT2D eigenvalue weighted by Gasteiger charge is -2.06. The van der Waals surface area contributed by atoms with Crippen molar-refractivity contribution in [2.75, 3.05) is 12.8 Å². The summed E-state index contributed by atoms with van der Waals surface area (Å²) in [7, 11) is 1.36. The van der Waals surface area contributed by atoms with Gasteiger partial charge in [-0.3, -0.25) is 0 Å². The standard InChI is InChI=1S/C9H8N2O3/c1-14-8-3-6(9(12)13)7(11)2-5(8)4-10/h2-3H,11H2,1H3,(H,12,13). The molecular formula is C9H8N2O3. The first-order valence-electron chi connectivity index (χ1n) is 3.71. The van der Waals surface area contributed by atoms with Gasteiger partial charge >= 0.3 is 5.97 Å². The summed E-state index contributed by atoms with van der Waals surface area (Å²) in [5.41, 5.74) is 5.63. The first kappa shape index (κ1) is 9.86. The van der Waals surface area contributed by atoms with Crippen molar-refractivity contribution in [1.82, 2.24) is 0 Å². The first-order chi connectivity index (χ1) is 6.60. The molecule has 5 heteroatoms. The highest BCUT2D eigenvalue weighted by Gasteiger charge is 2.12. The number of anilines is 1. The lowest BCUT2D eigenvalue weighted by atomic mass is 10.1. The van der Waals surface area contributed by atoms with E-state index in [0.717, 1.165) is 0 Å². The third-order valence-corrected chi connectivity index (χ3v) is 1.72. The molecule has 0 aromatic heterocycles. The van der Waals surface area contributed by atoms with Crippen LogP contribution in [0.2, 0.25) is 0 Å². The fraction of sp³-hybridized carbons (Fsp3) is 0.111. The number of rotatable bonds is 2. The van der Waals surface area contributed by atoms with E-state index in [1.54, 1.807) is 0 Å². The molecule has 72 valence electrons. The molecule has 0 spiro atoms. The van der Waals surface area contributed by atoms with Crippen LogP contribution in [-0.4, -0.2) is 18.2 Å². The molecule has 0 atom stereocenters. The molecule has 0 amide bonds. The number of carbonyl (C=O) groups is 1. The third kappa shape index (κ3) is 1.59. The van der Waals surface area contributed by atoms with Crippen LogP contribution in [0.25, 0.3) is 0 Å². The maximum absolute atomic E-state index is 10.7. The van der Waals surface area contributed by atoms with Crippen molar-refractivity contribution in [3.05, 3.63) is 23.3 Å². The van der Waals surface area contributed by atoms with Crippen molar-refractivity contribution in [3.8, 4) is 11.8 Å². The second-order valence-electron chi connectivity index (χ2n) is 2.56. The highest BCUT2D eigenvalue weighted by atomic mass is 16.5. The predicted molar refractivity (Wildman–Crippen MR) is 49.1 cm³/mol. The van der Waals surface area contributed by atoms with Gasteiger partial charge in [0.05, 0.1) is 18.2 Å². The van der Waals surface area contributed by atoms with Gasteiger partial charge in [0.15, 0.2) is 0 Å². The monoisotopic (exact) mass is 192 g/mol. The smallest absolute Gasteiger partial charge is 0.337 e. The maximum Gasteiger partial charge on any atom is 0.337 e. The van der Waals surface area contributed by atoms with Crippen LogP contribution in [0.15, 0.2) is 12.1 Å². The van der Waals surface area contributed by atoms with Crippen molar-refractivity contribution in [3.63, 3.8) is 0 Å². The quantitative estimate of drug-likeness (QED) is 0.677. The minimum atomic E-state index is -1.15. The topological polar surface area (TPSA) is 96.3 Å². The summed E-state index contributed by atoms with van der Waals surface area (Å²) in [4.78, 5) is 10.7. The SMILES string of the molecule is COc1cc(C(=O)O)c(N)cc1C#N. The number of benzene rings is 1. The highest BCUT2D eigenvalue weighted by molar-refractivity contribution is 5.94. The molecule has 0 bridgehead atoms. The van der Waals surface area contributed by atoms with Crippen LogP contribution in [0.5, 0.6) is 5.75 Å². The second-order valence-corrected chi connectivity index (χ2v) is 2.56. The van der Waals surface area contributed by atoms with Crippen LogP contribution in [0.1, 0.15) is 15.9 Å². The Balaban J connectivity index is 3.39. The van der Waals surface area contributed by atoms with E-state index in [1.807, 2.05) is 6.07 Å². The molecule has 0 heterocycles. The first-order valence-corrected chi connectivity index (χ1v) is 3.71. The number of nitrogens with two attached hydrogens (primary N) is 1. The maximum atomic E-state index is 10.7. The van der Waals surface area contributed by atoms with E-state index < -0.39 is 5.97 Å². The largest absolute Gasteiger partial charge is 0.495 e. The van der Waals surface area contributed by atoms with Crippen LogP contribution < -0.4 is 10.5 Å². The summed E-state index contributed by atoms with van der Waals surface area (Å²) in [6.07, 6.45) is 0. The number of hydrogen-bond acceptors (Lipinski definition) is 4. The molecule has 14 heavy (non-hydrogen) atoms. The summed E-state index contributed by atoms with van der Waals surface area (Å²) in [5.74, 6) is -0.940. The van der Waals surface area contributed by atoms with Gasteiger partial charge in [0.2, 0.25) is 0 Å². The van der Waals surface area contributed by atoms with Gasteiger partial charge in [-0.2, -0.15) is 5.26 Å². The van der Waals surface area contributed by atoms with Crippen LogP contribution in [0, 0.1) is 11.3 Å². The summed E-state index contributed by atoms with van der Waals surface area (Å²) in [6, 6.07) is 4.37. The van der Waals surface area contributed by atoms with E-state index in [1.165, 1.54) is 19.2 Å². The number of ether oxygens (including phenoxy) is 1. The third-order valence-electron chi connectivity index (χ3n) is 1.72. The average Bonchev–Trinajstić information content (AvgIpc) is 2.16. The predicted octanol–water partition coefficient (Wildman–Crippen LogP) is 0.847. The van der Waals surface area contributed by atoms with Crippen molar-refractivity contribution < 1.29 is 14.6 Å². The fourth-order valence-corrected chi connectivity index (χ4v) is 1.04. The van der Waals surface area contributed by atoms with E-state index >= 15 is 0 Å². The summed E-state index contributed by atoms with van der Waals surface area (Å²) < 4.78 is 4.84. The number of nitrogen functional groups attached to an aromatic ring is 1. The van der Waals surface area contributed by atoms with E-state index in [4.69, 9.17) is 20.8 Å². The van der Waals surface area contributed by atoms with Gasteiger partial charge in [-0.25, -0.2) is 4.79 Å². The molecule has 0 saturated heterocycles. The molecule has 0 aliphatic rings. The molecule has 3 N–H and O–H groups in total. The van der Waals surface area contributed by atoms with Gasteiger partial charge in [0.25, 0.3) is 0 Å². The van der Waals surface area contributed by atoms with Crippen LogP contribution in [0.4, 0.5) is 5.69 Å². The summed E-state index contributed by atoms with van der Waals surface area (Å²) in [5, 5.41) is 17.4. The molecule has 1 aromatic carbocycles. The Hall–Kier alpha value is -2.22. The number of methoxy groups -OCH3 is 1. The number of aromatic carboxylic acids is 1. The number of nitrogens with zero attached hydrogens (tertiary/aromatic N) is 1. The molecule has 0 aliphatic heterocycles. The van der Waals surface area contributed by atoms with Gasteiger partial charge < -0.3 is 15.6 Å². The zero-order valence-electron chi connectivity index (χ0n) is 7.44. The van der Waals surface area contributed by atoms with E-state index in [0.29, 0.717) is 0 Å². The molecule has 5 nitrogen and oxygen atoms in total. The number of nitriles is 1. The minimum Gasteiger partial charge on any atom is -0.495 e. The Morgan fingerprint density at radius 2 is 2.29 bits per heavy atom.